The van der Waals surface area contributed by atoms with Crippen LogP contribution < -0.4 is 10.6 Å². The third-order valence-electron chi connectivity index (χ3n) is 2.30. The van der Waals surface area contributed by atoms with Crippen LogP contribution in [0.2, 0.25) is 0 Å². The summed E-state index contributed by atoms with van der Waals surface area (Å²) in [5.41, 5.74) is -0.0821. The quantitative estimate of drug-likeness (QED) is 0.669. The summed E-state index contributed by atoms with van der Waals surface area (Å²) in [4.78, 5) is 23.6. The number of aliphatic hydroxyl groups is 1. The third-order valence-corrected chi connectivity index (χ3v) is 3.02. The first-order valence-electron chi connectivity index (χ1n) is 6.38. The molecule has 0 aromatic heterocycles. The van der Waals surface area contributed by atoms with E-state index in [0.717, 1.165) is 3.57 Å². The lowest BCUT2D eigenvalue weighted by Crippen LogP contribution is -2.47. The van der Waals surface area contributed by atoms with E-state index in [1.165, 1.54) is 0 Å². The highest BCUT2D eigenvalue weighted by atomic mass is 127. The lowest BCUT2D eigenvalue weighted by atomic mass is 10.2. The molecule has 1 aromatic carbocycles. The van der Waals surface area contributed by atoms with Gasteiger partial charge in [-0.3, -0.25) is 4.79 Å². The van der Waals surface area contributed by atoms with E-state index < -0.39 is 30.3 Å². The Morgan fingerprint density at radius 1 is 1.29 bits per heavy atom. The minimum absolute atomic E-state index is 0.510. The average Bonchev–Trinajstić information content (AvgIpc) is 2.36. The van der Waals surface area contributed by atoms with Gasteiger partial charge >= 0.3 is 6.09 Å². The summed E-state index contributed by atoms with van der Waals surface area (Å²) in [5, 5.41) is 14.2. The smallest absolute Gasteiger partial charge is 0.408 e. The molecule has 7 heteroatoms. The molecule has 0 heterocycles. The lowest BCUT2D eigenvalue weighted by molar-refractivity contribution is -0.119. The van der Waals surface area contributed by atoms with Crippen molar-refractivity contribution in [3.05, 3.63) is 27.8 Å². The fourth-order valence-electron chi connectivity index (χ4n) is 1.41. The van der Waals surface area contributed by atoms with Gasteiger partial charge in [-0.1, -0.05) is 0 Å². The molecule has 0 fully saturated rings. The Morgan fingerprint density at radius 2 is 1.86 bits per heavy atom. The fourth-order valence-corrected chi connectivity index (χ4v) is 1.77. The Hall–Kier alpha value is -1.35. The molecule has 116 valence electrons. The molecule has 1 atom stereocenters. The topological polar surface area (TPSA) is 87.7 Å². The molecule has 0 saturated heterocycles. The van der Waals surface area contributed by atoms with Crippen molar-refractivity contribution in [2.24, 2.45) is 0 Å². The zero-order valence-corrected chi connectivity index (χ0v) is 14.3. The van der Waals surface area contributed by atoms with E-state index in [2.05, 4.69) is 33.2 Å². The summed E-state index contributed by atoms with van der Waals surface area (Å²) < 4.78 is 6.08. The molecule has 1 aromatic rings. The molecule has 0 bridgehead atoms. The number of carbonyl (C=O) groups is 2. The Labute approximate surface area is 137 Å². The van der Waals surface area contributed by atoms with Crippen molar-refractivity contribution in [2.45, 2.75) is 32.4 Å². The Morgan fingerprint density at radius 3 is 2.33 bits per heavy atom. The molecule has 6 nitrogen and oxygen atoms in total. The molecule has 0 spiro atoms. The SMILES string of the molecule is CC(C)(C)OC(=O)N[C@@H](CO)C(=O)Nc1ccc(I)cc1. The predicted molar refractivity (Wildman–Crippen MR) is 88.0 cm³/mol. The van der Waals surface area contributed by atoms with Crippen molar-refractivity contribution in [2.75, 3.05) is 11.9 Å². The predicted octanol–water partition coefficient (Wildman–Crippen LogP) is 2.12. The molecular formula is C14H19IN2O4. The summed E-state index contributed by atoms with van der Waals surface area (Å²) in [6.07, 6.45) is -0.751. The van der Waals surface area contributed by atoms with Gasteiger partial charge in [-0.2, -0.15) is 0 Å². The summed E-state index contributed by atoms with van der Waals surface area (Å²) in [6.45, 7) is 4.63. The van der Waals surface area contributed by atoms with Gasteiger partial charge in [0.2, 0.25) is 5.91 Å². The van der Waals surface area contributed by atoms with Gasteiger partial charge in [0.05, 0.1) is 6.61 Å². The standard InChI is InChI=1S/C14H19IN2O4/c1-14(2,3)21-13(20)17-11(8-18)12(19)16-10-6-4-9(15)5-7-10/h4-7,11,18H,8H2,1-3H3,(H,16,19)(H,17,20)/t11-/m0/s1. The number of benzene rings is 1. The minimum atomic E-state index is -1.07. The normalized spacial score (nSPS) is 12.4. The van der Waals surface area contributed by atoms with Crippen LogP contribution in [0.1, 0.15) is 20.8 Å². The summed E-state index contributed by atoms with van der Waals surface area (Å²) >= 11 is 2.15. The first-order chi connectivity index (χ1) is 9.71. The number of hydrogen-bond acceptors (Lipinski definition) is 4. The monoisotopic (exact) mass is 406 g/mol. The second-order valence-electron chi connectivity index (χ2n) is 5.38. The van der Waals surface area contributed by atoms with Crippen molar-refractivity contribution in [3.8, 4) is 0 Å². The maximum absolute atomic E-state index is 12.0. The number of carbonyl (C=O) groups excluding carboxylic acids is 2. The van der Waals surface area contributed by atoms with Crippen LogP contribution in [0.3, 0.4) is 0 Å². The number of anilines is 1. The number of halogens is 1. The van der Waals surface area contributed by atoms with Crippen LogP contribution in [-0.4, -0.2) is 35.4 Å². The maximum atomic E-state index is 12.0. The minimum Gasteiger partial charge on any atom is -0.444 e. The van der Waals surface area contributed by atoms with Gasteiger partial charge in [0, 0.05) is 9.26 Å². The first-order valence-corrected chi connectivity index (χ1v) is 7.46. The number of rotatable bonds is 4. The number of alkyl carbamates (subject to hydrolysis) is 1. The molecule has 21 heavy (non-hydrogen) atoms. The molecule has 0 unspecified atom stereocenters. The second-order valence-corrected chi connectivity index (χ2v) is 6.62. The van der Waals surface area contributed by atoms with E-state index >= 15 is 0 Å². The summed E-state index contributed by atoms with van der Waals surface area (Å²) in [6, 6.07) is 6.08. The number of ether oxygens (including phenoxy) is 1. The molecule has 1 rings (SSSR count). The van der Waals surface area contributed by atoms with E-state index in [4.69, 9.17) is 4.74 Å². The van der Waals surface area contributed by atoms with Gasteiger partial charge in [-0.25, -0.2) is 4.79 Å². The molecular weight excluding hydrogens is 387 g/mol. The van der Waals surface area contributed by atoms with Crippen molar-refractivity contribution in [3.63, 3.8) is 0 Å². The fraction of sp³-hybridized carbons (Fsp3) is 0.429. The van der Waals surface area contributed by atoms with Crippen LogP contribution >= 0.6 is 22.6 Å². The van der Waals surface area contributed by atoms with E-state index in [-0.39, 0.29) is 0 Å². The Bertz CT molecular complexity index is 497. The van der Waals surface area contributed by atoms with Gasteiger partial charge in [0.1, 0.15) is 11.6 Å². The van der Waals surface area contributed by atoms with Crippen molar-refractivity contribution in [1.29, 1.82) is 0 Å². The largest absolute Gasteiger partial charge is 0.444 e. The van der Waals surface area contributed by atoms with Crippen LogP contribution in [0, 0.1) is 3.57 Å². The third kappa shape index (κ3) is 6.76. The molecule has 0 aliphatic heterocycles. The molecule has 2 amide bonds. The summed E-state index contributed by atoms with van der Waals surface area (Å²) in [7, 11) is 0. The lowest BCUT2D eigenvalue weighted by Gasteiger charge is -2.22. The molecule has 0 saturated carbocycles. The van der Waals surface area contributed by atoms with Gasteiger partial charge in [-0.15, -0.1) is 0 Å². The van der Waals surface area contributed by atoms with Crippen LogP contribution in [0.4, 0.5) is 10.5 Å². The Balaban J connectivity index is 2.61. The van der Waals surface area contributed by atoms with E-state index in [9.17, 15) is 14.7 Å². The van der Waals surface area contributed by atoms with Crippen LogP contribution in [0.25, 0.3) is 0 Å². The number of amides is 2. The molecule has 3 N–H and O–H groups in total. The number of aliphatic hydroxyl groups excluding tert-OH is 1. The zero-order chi connectivity index (χ0) is 16.0. The van der Waals surface area contributed by atoms with Gasteiger partial charge in [-0.05, 0) is 67.6 Å². The van der Waals surface area contributed by atoms with E-state index in [1.54, 1.807) is 32.9 Å². The number of nitrogens with one attached hydrogen (secondary N) is 2. The highest BCUT2D eigenvalue weighted by molar-refractivity contribution is 14.1. The second kappa shape index (κ2) is 7.60. The van der Waals surface area contributed by atoms with Crippen molar-refractivity contribution in [1.82, 2.24) is 5.32 Å². The van der Waals surface area contributed by atoms with E-state index in [1.807, 2.05) is 12.1 Å². The van der Waals surface area contributed by atoms with Crippen LogP contribution in [0.15, 0.2) is 24.3 Å². The van der Waals surface area contributed by atoms with Gasteiger partial charge in [0.25, 0.3) is 0 Å². The summed E-state index contributed by atoms with van der Waals surface area (Å²) in [5.74, 6) is -0.510. The van der Waals surface area contributed by atoms with Crippen molar-refractivity contribution >= 4 is 40.3 Å². The van der Waals surface area contributed by atoms with E-state index in [0.29, 0.717) is 5.69 Å². The molecule has 0 radical (unpaired) electrons. The average molecular weight is 406 g/mol. The van der Waals surface area contributed by atoms with Crippen LogP contribution in [-0.2, 0) is 9.53 Å². The molecule has 0 aliphatic rings. The maximum Gasteiger partial charge on any atom is 0.408 e. The van der Waals surface area contributed by atoms with Gasteiger partial charge < -0.3 is 20.5 Å². The molecule has 0 aliphatic carbocycles. The van der Waals surface area contributed by atoms with Gasteiger partial charge in [0.15, 0.2) is 0 Å². The Kier molecular flexibility index (Phi) is 6.41. The highest BCUT2D eigenvalue weighted by Crippen LogP contribution is 2.11. The first kappa shape index (κ1) is 17.7. The highest BCUT2D eigenvalue weighted by Gasteiger charge is 2.23. The van der Waals surface area contributed by atoms with Crippen LogP contribution in [0.5, 0.6) is 0 Å². The van der Waals surface area contributed by atoms with Crippen molar-refractivity contribution < 1.29 is 19.4 Å². The number of hydrogen-bond donors (Lipinski definition) is 3. The zero-order valence-electron chi connectivity index (χ0n) is 12.1.